The standard InChI is InChI=1S/C15H22O2/c1-4-7-16-15-9-11(2)13(8-12(15)3)5-6-14-10-17-14/h8-9,14H,4-7,10H2,1-3H3. The maximum Gasteiger partial charge on any atom is 0.122 e. The van der Waals surface area contributed by atoms with Crippen molar-refractivity contribution in [3.63, 3.8) is 0 Å². The third kappa shape index (κ3) is 3.47. The highest BCUT2D eigenvalue weighted by atomic mass is 16.6. The molecular formula is C15H22O2. The highest BCUT2D eigenvalue weighted by molar-refractivity contribution is 5.41. The van der Waals surface area contributed by atoms with Crippen LogP contribution in [0.3, 0.4) is 0 Å². The van der Waals surface area contributed by atoms with Gasteiger partial charge >= 0.3 is 0 Å². The summed E-state index contributed by atoms with van der Waals surface area (Å²) in [4.78, 5) is 0. The van der Waals surface area contributed by atoms with Crippen LogP contribution >= 0.6 is 0 Å². The van der Waals surface area contributed by atoms with Crippen LogP contribution in [0.2, 0.25) is 0 Å². The molecule has 1 unspecified atom stereocenters. The predicted octanol–water partition coefficient (Wildman–Crippen LogP) is 3.42. The third-order valence-electron chi connectivity index (χ3n) is 3.23. The van der Waals surface area contributed by atoms with Crippen molar-refractivity contribution in [2.75, 3.05) is 13.2 Å². The number of aryl methyl sites for hydroxylation is 3. The maximum absolute atomic E-state index is 5.74. The molecule has 1 heterocycles. The van der Waals surface area contributed by atoms with Gasteiger partial charge in [0.15, 0.2) is 0 Å². The van der Waals surface area contributed by atoms with Crippen LogP contribution in [0.4, 0.5) is 0 Å². The van der Waals surface area contributed by atoms with Gasteiger partial charge in [-0.15, -0.1) is 0 Å². The molecule has 1 aromatic carbocycles. The van der Waals surface area contributed by atoms with Crippen LogP contribution in [0, 0.1) is 13.8 Å². The Labute approximate surface area is 104 Å². The van der Waals surface area contributed by atoms with Gasteiger partial charge in [-0.2, -0.15) is 0 Å². The summed E-state index contributed by atoms with van der Waals surface area (Å²) in [5.41, 5.74) is 4.01. The van der Waals surface area contributed by atoms with E-state index in [9.17, 15) is 0 Å². The van der Waals surface area contributed by atoms with E-state index in [2.05, 4.69) is 32.9 Å². The van der Waals surface area contributed by atoms with Crippen LogP contribution in [-0.4, -0.2) is 19.3 Å². The molecule has 2 nitrogen and oxygen atoms in total. The zero-order chi connectivity index (χ0) is 12.3. The Hall–Kier alpha value is -1.02. The second kappa shape index (κ2) is 5.54. The first-order valence-electron chi connectivity index (χ1n) is 6.55. The summed E-state index contributed by atoms with van der Waals surface area (Å²) < 4.78 is 11.0. The van der Waals surface area contributed by atoms with Gasteiger partial charge in [0.1, 0.15) is 5.75 Å². The molecule has 2 heteroatoms. The fourth-order valence-corrected chi connectivity index (χ4v) is 2.04. The minimum Gasteiger partial charge on any atom is -0.493 e. The average Bonchev–Trinajstić information content (AvgIpc) is 3.12. The van der Waals surface area contributed by atoms with Gasteiger partial charge in [-0.05, 0) is 55.9 Å². The SMILES string of the molecule is CCCOc1cc(C)c(CCC2CO2)cc1C. The van der Waals surface area contributed by atoms with E-state index in [1.54, 1.807) is 0 Å². The smallest absolute Gasteiger partial charge is 0.122 e. The molecule has 1 atom stereocenters. The number of hydrogen-bond acceptors (Lipinski definition) is 2. The molecule has 1 aromatic rings. The van der Waals surface area contributed by atoms with Crippen molar-refractivity contribution in [3.05, 3.63) is 28.8 Å². The molecule has 1 saturated heterocycles. The van der Waals surface area contributed by atoms with Crippen molar-refractivity contribution in [1.29, 1.82) is 0 Å². The first kappa shape index (κ1) is 12.4. The van der Waals surface area contributed by atoms with Crippen molar-refractivity contribution in [2.45, 2.75) is 46.1 Å². The lowest BCUT2D eigenvalue weighted by atomic mass is 10.00. The number of epoxide rings is 1. The third-order valence-corrected chi connectivity index (χ3v) is 3.23. The van der Waals surface area contributed by atoms with E-state index in [-0.39, 0.29) is 0 Å². The topological polar surface area (TPSA) is 21.8 Å². The van der Waals surface area contributed by atoms with Crippen molar-refractivity contribution in [1.82, 2.24) is 0 Å². The van der Waals surface area contributed by atoms with Crippen molar-refractivity contribution >= 4 is 0 Å². The summed E-state index contributed by atoms with van der Waals surface area (Å²) >= 11 is 0. The van der Waals surface area contributed by atoms with Gasteiger partial charge in [0.25, 0.3) is 0 Å². The van der Waals surface area contributed by atoms with Gasteiger partial charge in [0.2, 0.25) is 0 Å². The van der Waals surface area contributed by atoms with Gasteiger partial charge in [-0.25, -0.2) is 0 Å². The van der Waals surface area contributed by atoms with Crippen LogP contribution in [-0.2, 0) is 11.2 Å². The molecule has 0 N–H and O–H groups in total. The van der Waals surface area contributed by atoms with Crippen LogP contribution in [0.15, 0.2) is 12.1 Å². The largest absolute Gasteiger partial charge is 0.493 e. The summed E-state index contributed by atoms with van der Waals surface area (Å²) in [6.07, 6.45) is 3.84. The lowest BCUT2D eigenvalue weighted by Gasteiger charge is -2.12. The van der Waals surface area contributed by atoms with Gasteiger partial charge in [0.05, 0.1) is 19.3 Å². The lowest BCUT2D eigenvalue weighted by molar-refractivity contribution is 0.315. The minimum atomic E-state index is 0.519. The number of benzene rings is 1. The highest BCUT2D eigenvalue weighted by Crippen LogP contribution is 2.25. The molecule has 1 aliphatic rings. The molecule has 94 valence electrons. The fourth-order valence-electron chi connectivity index (χ4n) is 2.04. The van der Waals surface area contributed by atoms with Crippen molar-refractivity contribution in [3.8, 4) is 5.75 Å². The van der Waals surface area contributed by atoms with Crippen molar-refractivity contribution in [2.24, 2.45) is 0 Å². The van der Waals surface area contributed by atoms with E-state index >= 15 is 0 Å². The Balaban J connectivity index is 2.03. The highest BCUT2D eigenvalue weighted by Gasteiger charge is 2.22. The molecule has 0 radical (unpaired) electrons. The fraction of sp³-hybridized carbons (Fsp3) is 0.600. The van der Waals surface area contributed by atoms with Gasteiger partial charge in [-0.3, -0.25) is 0 Å². The molecular weight excluding hydrogens is 212 g/mol. The van der Waals surface area contributed by atoms with E-state index < -0.39 is 0 Å². The Morgan fingerprint density at radius 3 is 2.71 bits per heavy atom. The Kier molecular flexibility index (Phi) is 4.06. The maximum atomic E-state index is 5.74. The second-order valence-corrected chi connectivity index (χ2v) is 4.89. The molecule has 1 fully saturated rings. The Bertz CT molecular complexity index is 381. The zero-order valence-electron chi connectivity index (χ0n) is 11.1. The Morgan fingerprint density at radius 2 is 2.06 bits per heavy atom. The van der Waals surface area contributed by atoms with Gasteiger partial charge < -0.3 is 9.47 Å². The van der Waals surface area contributed by atoms with E-state index in [4.69, 9.17) is 9.47 Å². The molecule has 0 bridgehead atoms. The van der Waals surface area contributed by atoms with Gasteiger partial charge in [-0.1, -0.05) is 13.0 Å². The first-order valence-corrected chi connectivity index (χ1v) is 6.55. The minimum absolute atomic E-state index is 0.519. The molecule has 0 aromatic heterocycles. The second-order valence-electron chi connectivity index (χ2n) is 4.89. The molecule has 0 spiro atoms. The molecule has 1 aliphatic heterocycles. The zero-order valence-corrected chi connectivity index (χ0v) is 11.1. The van der Waals surface area contributed by atoms with Gasteiger partial charge in [0, 0.05) is 0 Å². The van der Waals surface area contributed by atoms with Crippen molar-refractivity contribution < 1.29 is 9.47 Å². The summed E-state index contributed by atoms with van der Waals surface area (Å²) in [6.45, 7) is 8.18. The monoisotopic (exact) mass is 234 g/mol. The number of ether oxygens (including phenoxy) is 2. The normalized spacial score (nSPS) is 18.2. The summed E-state index contributed by atoms with van der Waals surface area (Å²) in [7, 11) is 0. The van der Waals surface area contributed by atoms with E-state index in [1.165, 1.54) is 16.7 Å². The molecule has 0 saturated carbocycles. The number of rotatable bonds is 6. The van der Waals surface area contributed by atoms with Crippen LogP contribution in [0.5, 0.6) is 5.75 Å². The molecule has 0 amide bonds. The first-order chi connectivity index (χ1) is 8.20. The summed E-state index contributed by atoms with van der Waals surface area (Å²) in [5.74, 6) is 1.04. The summed E-state index contributed by atoms with van der Waals surface area (Å²) in [6, 6.07) is 4.44. The average molecular weight is 234 g/mol. The lowest BCUT2D eigenvalue weighted by Crippen LogP contribution is -2.00. The molecule has 17 heavy (non-hydrogen) atoms. The van der Waals surface area contributed by atoms with E-state index in [0.29, 0.717) is 6.10 Å². The van der Waals surface area contributed by atoms with E-state index in [1.807, 2.05) is 0 Å². The van der Waals surface area contributed by atoms with E-state index in [0.717, 1.165) is 38.2 Å². The quantitative estimate of drug-likeness (QED) is 0.703. The predicted molar refractivity (Wildman–Crippen MR) is 69.8 cm³/mol. The van der Waals surface area contributed by atoms with Crippen LogP contribution in [0.25, 0.3) is 0 Å². The summed E-state index contributed by atoms with van der Waals surface area (Å²) in [5, 5.41) is 0. The Morgan fingerprint density at radius 1 is 1.29 bits per heavy atom. The number of hydrogen-bond donors (Lipinski definition) is 0. The van der Waals surface area contributed by atoms with Crippen LogP contribution < -0.4 is 4.74 Å². The van der Waals surface area contributed by atoms with Crippen LogP contribution in [0.1, 0.15) is 36.5 Å². The molecule has 2 rings (SSSR count). The molecule has 0 aliphatic carbocycles.